The second-order valence-corrected chi connectivity index (χ2v) is 5.93. The van der Waals surface area contributed by atoms with Gasteiger partial charge in [0.15, 0.2) is 5.82 Å². The first-order valence-corrected chi connectivity index (χ1v) is 8.33. The van der Waals surface area contributed by atoms with E-state index in [2.05, 4.69) is 20.5 Å². The van der Waals surface area contributed by atoms with Crippen LogP contribution in [0.5, 0.6) is 5.75 Å². The van der Waals surface area contributed by atoms with Gasteiger partial charge in [0.25, 0.3) is 0 Å². The van der Waals surface area contributed by atoms with Crippen LogP contribution in [0.15, 0.2) is 53.9 Å². The van der Waals surface area contributed by atoms with Gasteiger partial charge in [-0.3, -0.25) is 9.78 Å². The van der Waals surface area contributed by atoms with E-state index in [1.54, 1.807) is 49.8 Å². The lowest BCUT2D eigenvalue weighted by Crippen LogP contribution is -2.16. The van der Waals surface area contributed by atoms with Gasteiger partial charge < -0.3 is 15.9 Å². The Kier molecular flexibility index (Phi) is 5.14. The minimum Gasteiger partial charge on any atom is -0.497 e. The van der Waals surface area contributed by atoms with E-state index in [1.165, 1.54) is 16.4 Å². The molecule has 0 bridgehead atoms. The van der Waals surface area contributed by atoms with Crippen molar-refractivity contribution in [2.45, 2.75) is 5.16 Å². The molecule has 3 rings (SSSR count). The third-order valence-corrected chi connectivity index (χ3v) is 4.23. The van der Waals surface area contributed by atoms with Crippen LogP contribution in [0.1, 0.15) is 0 Å². The third kappa shape index (κ3) is 4.07. The molecular formula is C16H16N6O2S. The number of benzene rings is 1. The summed E-state index contributed by atoms with van der Waals surface area (Å²) in [5.74, 6) is 7.22. The number of carbonyl (C=O) groups excluding carboxylic acids is 1. The molecule has 0 aliphatic rings. The van der Waals surface area contributed by atoms with Gasteiger partial charge >= 0.3 is 0 Å². The zero-order chi connectivity index (χ0) is 17.6. The van der Waals surface area contributed by atoms with E-state index >= 15 is 0 Å². The lowest BCUT2D eigenvalue weighted by molar-refractivity contribution is -0.113. The molecule has 0 aliphatic carbocycles. The van der Waals surface area contributed by atoms with Gasteiger partial charge in [-0.05, 0) is 36.4 Å². The highest BCUT2D eigenvalue weighted by atomic mass is 32.2. The molecule has 0 unspecified atom stereocenters. The highest BCUT2D eigenvalue weighted by Crippen LogP contribution is 2.21. The van der Waals surface area contributed by atoms with Crippen LogP contribution in [-0.4, -0.2) is 38.6 Å². The van der Waals surface area contributed by atoms with E-state index in [0.717, 1.165) is 11.3 Å². The summed E-state index contributed by atoms with van der Waals surface area (Å²) in [6.07, 6.45) is 3.32. The predicted octanol–water partition coefficient (Wildman–Crippen LogP) is 1.79. The Morgan fingerprint density at radius 2 is 2.08 bits per heavy atom. The fourth-order valence-corrected chi connectivity index (χ4v) is 2.73. The van der Waals surface area contributed by atoms with Crippen molar-refractivity contribution < 1.29 is 9.53 Å². The third-order valence-electron chi connectivity index (χ3n) is 3.29. The smallest absolute Gasteiger partial charge is 0.234 e. The van der Waals surface area contributed by atoms with Gasteiger partial charge in [-0.2, -0.15) is 0 Å². The number of pyridine rings is 1. The van der Waals surface area contributed by atoms with E-state index in [-0.39, 0.29) is 11.7 Å². The number of nitrogens with zero attached hydrogens (tertiary/aromatic N) is 4. The maximum atomic E-state index is 12.1. The average molecular weight is 356 g/mol. The molecule has 128 valence electrons. The number of thioether (sulfide) groups is 1. The zero-order valence-electron chi connectivity index (χ0n) is 13.4. The van der Waals surface area contributed by atoms with Crippen LogP contribution in [0.4, 0.5) is 5.69 Å². The molecule has 0 radical (unpaired) electrons. The molecule has 0 saturated carbocycles. The standard InChI is InChI=1S/C16H16N6O2S/c1-24-13-6-4-12(5-7-13)19-14(23)10-25-16-21-20-15(22(16)17)11-3-2-8-18-9-11/h2-9H,10,17H2,1H3,(H,19,23). The Morgan fingerprint density at radius 1 is 1.28 bits per heavy atom. The molecule has 0 saturated heterocycles. The van der Waals surface area contributed by atoms with Crippen LogP contribution in [0.3, 0.4) is 0 Å². The number of carbonyl (C=O) groups is 1. The number of rotatable bonds is 6. The molecule has 9 heteroatoms. The molecule has 3 aromatic rings. The molecule has 0 aliphatic heterocycles. The highest BCUT2D eigenvalue weighted by molar-refractivity contribution is 7.99. The summed E-state index contributed by atoms with van der Waals surface area (Å²) in [5.41, 5.74) is 1.45. The summed E-state index contributed by atoms with van der Waals surface area (Å²) in [5, 5.41) is 11.3. The number of methoxy groups -OCH3 is 1. The van der Waals surface area contributed by atoms with Gasteiger partial charge in [-0.15, -0.1) is 10.2 Å². The number of ether oxygens (including phenoxy) is 1. The van der Waals surface area contributed by atoms with E-state index in [0.29, 0.717) is 16.7 Å². The van der Waals surface area contributed by atoms with E-state index in [9.17, 15) is 4.79 Å². The fourth-order valence-electron chi connectivity index (χ4n) is 2.07. The lowest BCUT2D eigenvalue weighted by atomic mass is 10.3. The van der Waals surface area contributed by atoms with Gasteiger partial charge in [0.1, 0.15) is 5.75 Å². The maximum absolute atomic E-state index is 12.1. The number of nitrogens with two attached hydrogens (primary N) is 1. The first-order valence-electron chi connectivity index (χ1n) is 7.35. The second kappa shape index (κ2) is 7.67. The Balaban J connectivity index is 1.60. The number of nitrogens with one attached hydrogen (secondary N) is 1. The fraction of sp³-hybridized carbons (Fsp3) is 0.125. The monoisotopic (exact) mass is 356 g/mol. The Bertz CT molecular complexity index is 851. The van der Waals surface area contributed by atoms with Crippen molar-refractivity contribution in [3.63, 3.8) is 0 Å². The van der Waals surface area contributed by atoms with Crippen LogP contribution in [0.2, 0.25) is 0 Å². The van der Waals surface area contributed by atoms with Crippen LogP contribution in [0, 0.1) is 0 Å². The maximum Gasteiger partial charge on any atom is 0.234 e. The highest BCUT2D eigenvalue weighted by Gasteiger charge is 2.14. The van der Waals surface area contributed by atoms with Gasteiger partial charge in [0.05, 0.1) is 12.9 Å². The molecule has 1 amide bonds. The topological polar surface area (TPSA) is 108 Å². The average Bonchev–Trinajstić information content (AvgIpc) is 3.02. The first-order chi connectivity index (χ1) is 12.2. The van der Waals surface area contributed by atoms with Crippen molar-refractivity contribution in [3.05, 3.63) is 48.8 Å². The second-order valence-electron chi connectivity index (χ2n) is 4.98. The van der Waals surface area contributed by atoms with Gasteiger partial charge in [0.2, 0.25) is 11.1 Å². The molecular weight excluding hydrogens is 340 g/mol. The molecule has 25 heavy (non-hydrogen) atoms. The molecule has 3 N–H and O–H groups in total. The number of aromatic nitrogens is 4. The number of hydrogen-bond acceptors (Lipinski definition) is 7. The summed E-state index contributed by atoms with van der Waals surface area (Å²) < 4.78 is 6.43. The van der Waals surface area contributed by atoms with Gasteiger partial charge in [0, 0.05) is 23.6 Å². The van der Waals surface area contributed by atoms with Crippen LogP contribution < -0.4 is 15.9 Å². The summed E-state index contributed by atoms with van der Waals surface area (Å²) in [6, 6.07) is 10.7. The number of amides is 1. The summed E-state index contributed by atoms with van der Waals surface area (Å²) in [6.45, 7) is 0. The van der Waals surface area contributed by atoms with Gasteiger partial charge in [-0.25, -0.2) is 4.68 Å². The van der Waals surface area contributed by atoms with Crippen LogP contribution in [0.25, 0.3) is 11.4 Å². The summed E-state index contributed by atoms with van der Waals surface area (Å²) >= 11 is 1.20. The first kappa shape index (κ1) is 16.8. The van der Waals surface area contributed by atoms with Crippen molar-refractivity contribution >= 4 is 23.4 Å². The Hall–Kier alpha value is -3.07. The van der Waals surface area contributed by atoms with Crippen molar-refractivity contribution in [1.82, 2.24) is 19.9 Å². The quantitative estimate of drug-likeness (QED) is 0.512. The minimum atomic E-state index is -0.166. The lowest BCUT2D eigenvalue weighted by Gasteiger charge is -2.06. The molecule has 0 atom stereocenters. The van der Waals surface area contributed by atoms with E-state index in [4.69, 9.17) is 10.6 Å². The normalized spacial score (nSPS) is 10.4. The summed E-state index contributed by atoms with van der Waals surface area (Å²) in [4.78, 5) is 16.1. The number of nitrogen functional groups attached to an aromatic ring is 1. The molecule has 2 aromatic heterocycles. The predicted molar refractivity (Wildman–Crippen MR) is 95.8 cm³/mol. The van der Waals surface area contributed by atoms with E-state index in [1.807, 2.05) is 6.07 Å². The molecule has 8 nitrogen and oxygen atoms in total. The molecule has 1 aromatic carbocycles. The minimum absolute atomic E-state index is 0.161. The molecule has 0 spiro atoms. The SMILES string of the molecule is COc1ccc(NC(=O)CSc2nnc(-c3cccnc3)n2N)cc1. The molecule has 0 fully saturated rings. The van der Waals surface area contributed by atoms with Crippen molar-refractivity contribution in [3.8, 4) is 17.1 Å². The van der Waals surface area contributed by atoms with Crippen molar-refractivity contribution in [2.24, 2.45) is 0 Å². The van der Waals surface area contributed by atoms with Crippen molar-refractivity contribution in [2.75, 3.05) is 24.0 Å². The Labute approximate surface area is 148 Å². The Morgan fingerprint density at radius 3 is 2.76 bits per heavy atom. The largest absolute Gasteiger partial charge is 0.497 e. The van der Waals surface area contributed by atoms with Crippen LogP contribution in [-0.2, 0) is 4.79 Å². The number of hydrogen-bond donors (Lipinski definition) is 2. The van der Waals surface area contributed by atoms with E-state index < -0.39 is 0 Å². The van der Waals surface area contributed by atoms with Gasteiger partial charge in [-0.1, -0.05) is 11.8 Å². The van der Waals surface area contributed by atoms with Crippen LogP contribution >= 0.6 is 11.8 Å². The summed E-state index contributed by atoms with van der Waals surface area (Å²) in [7, 11) is 1.59. The van der Waals surface area contributed by atoms with Crippen molar-refractivity contribution in [1.29, 1.82) is 0 Å². The number of anilines is 1. The molecule has 2 heterocycles. The zero-order valence-corrected chi connectivity index (χ0v) is 14.2.